The van der Waals surface area contributed by atoms with Gasteiger partial charge in [-0.05, 0) is 92.9 Å². The standard InChI is InChI=1S/C44H58Br2S6/c1-3-5-7-9-11-13-15-17-19-21-23-25-31-37(33-27-29-35(45)47-33)49-41-39(31)51-44-42-40(52-43(41)44)32(38(50-42)34-28-30-36(46)48-34)26-24-22-20-18-16-14-12-10-8-6-4-2/h27-30H,3-26H2,1-2H3. The lowest BCUT2D eigenvalue weighted by molar-refractivity contribution is 0.550. The molecule has 284 valence electrons. The number of hydrogen-bond acceptors (Lipinski definition) is 6. The van der Waals surface area contributed by atoms with Crippen LogP contribution in [0.2, 0.25) is 0 Å². The lowest BCUT2D eigenvalue weighted by Crippen LogP contribution is -1.87. The van der Waals surface area contributed by atoms with E-state index in [1.54, 1.807) is 39.3 Å². The lowest BCUT2D eigenvalue weighted by Gasteiger charge is -2.04. The van der Waals surface area contributed by atoms with Crippen LogP contribution >= 0.6 is 99.9 Å². The minimum absolute atomic E-state index is 1.21. The molecular formula is C44H58Br2S6. The van der Waals surface area contributed by atoms with Gasteiger partial charge in [-0.2, -0.15) is 0 Å². The molecule has 0 radical (unpaired) electrons. The van der Waals surface area contributed by atoms with Crippen molar-refractivity contribution in [3.8, 4) is 19.5 Å². The summed E-state index contributed by atoms with van der Waals surface area (Å²) in [5.41, 5.74) is 3.26. The van der Waals surface area contributed by atoms with E-state index in [1.165, 1.54) is 181 Å². The van der Waals surface area contributed by atoms with E-state index in [9.17, 15) is 0 Å². The van der Waals surface area contributed by atoms with Crippen LogP contribution in [0.15, 0.2) is 31.8 Å². The average Bonchev–Trinajstić information content (AvgIpc) is 3.99. The van der Waals surface area contributed by atoms with Crippen LogP contribution in [0.5, 0.6) is 0 Å². The van der Waals surface area contributed by atoms with Crippen molar-refractivity contribution in [1.82, 2.24) is 0 Å². The molecule has 52 heavy (non-hydrogen) atoms. The highest BCUT2D eigenvalue weighted by atomic mass is 79.9. The number of fused-ring (bicyclic) bond motifs is 5. The summed E-state index contributed by atoms with van der Waals surface area (Å²) in [4.78, 5) is 5.95. The predicted molar refractivity (Wildman–Crippen MR) is 253 cm³/mol. The Balaban J connectivity index is 1.15. The van der Waals surface area contributed by atoms with Crippen LogP contribution in [0.3, 0.4) is 0 Å². The first-order chi connectivity index (χ1) is 25.6. The van der Waals surface area contributed by atoms with E-state index in [2.05, 4.69) is 115 Å². The third kappa shape index (κ3) is 11.1. The van der Waals surface area contributed by atoms with Crippen LogP contribution in [-0.2, 0) is 12.8 Å². The first-order valence-electron chi connectivity index (χ1n) is 20.5. The zero-order valence-electron chi connectivity index (χ0n) is 31.5. The Kier molecular flexibility index (Phi) is 17.6. The maximum absolute atomic E-state index is 3.77. The Bertz CT molecular complexity index is 1790. The molecule has 0 saturated carbocycles. The third-order valence-corrected chi connectivity index (χ3v) is 19.9. The topological polar surface area (TPSA) is 0 Å². The Morgan fingerprint density at radius 2 is 0.654 bits per heavy atom. The van der Waals surface area contributed by atoms with Gasteiger partial charge in [-0.1, -0.05) is 142 Å². The van der Waals surface area contributed by atoms with Crippen LogP contribution in [0.1, 0.15) is 166 Å². The number of thiophene rings is 6. The lowest BCUT2D eigenvalue weighted by atomic mass is 10.0. The van der Waals surface area contributed by atoms with E-state index in [4.69, 9.17) is 0 Å². The van der Waals surface area contributed by atoms with Gasteiger partial charge in [-0.25, -0.2) is 0 Å². The second-order valence-corrected chi connectivity index (χ2v) is 23.8. The van der Waals surface area contributed by atoms with E-state index >= 15 is 0 Å². The highest BCUT2D eigenvalue weighted by Crippen LogP contribution is 2.56. The zero-order valence-corrected chi connectivity index (χ0v) is 39.6. The summed E-state index contributed by atoms with van der Waals surface area (Å²) in [6.07, 6.45) is 33.2. The van der Waals surface area contributed by atoms with E-state index in [-0.39, 0.29) is 0 Å². The van der Waals surface area contributed by atoms with Crippen molar-refractivity contribution in [2.24, 2.45) is 0 Å². The fourth-order valence-electron chi connectivity index (χ4n) is 7.67. The molecule has 6 heterocycles. The molecule has 0 aliphatic carbocycles. The van der Waals surface area contributed by atoms with E-state index in [0.717, 1.165) is 0 Å². The van der Waals surface area contributed by atoms with Crippen molar-refractivity contribution in [2.45, 2.75) is 168 Å². The highest BCUT2D eigenvalue weighted by Gasteiger charge is 2.25. The summed E-state index contributed by atoms with van der Waals surface area (Å²) >= 11 is 19.8. The summed E-state index contributed by atoms with van der Waals surface area (Å²) in [6, 6.07) is 9.16. The van der Waals surface area contributed by atoms with Crippen molar-refractivity contribution in [1.29, 1.82) is 0 Å². The van der Waals surface area contributed by atoms with Crippen LogP contribution in [0.25, 0.3) is 47.7 Å². The SMILES string of the molecule is CCCCCCCCCCCCCc1c(-c2ccc(Br)s2)sc2c1sc1c3sc(-c4ccc(Br)s4)c(CCCCCCCCCCCCC)c3sc21. The molecule has 0 N–H and O–H groups in total. The number of rotatable bonds is 26. The molecule has 0 fully saturated rings. The molecule has 0 aromatic carbocycles. The van der Waals surface area contributed by atoms with Crippen molar-refractivity contribution in [2.75, 3.05) is 0 Å². The molecule has 0 unspecified atom stereocenters. The van der Waals surface area contributed by atoms with Crippen molar-refractivity contribution >= 4 is 128 Å². The van der Waals surface area contributed by atoms with E-state index in [0.29, 0.717) is 0 Å². The van der Waals surface area contributed by atoms with Crippen molar-refractivity contribution in [3.63, 3.8) is 0 Å². The number of aryl methyl sites for hydroxylation is 2. The zero-order chi connectivity index (χ0) is 36.1. The van der Waals surface area contributed by atoms with E-state index in [1.807, 2.05) is 22.7 Å². The minimum Gasteiger partial charge on any atom is -0.132 e. The monoisotopic (exact) mass is 936 g/mol. The van der Waals surface area contributed by atoms with Gasteiger partial charge in [0.1, 0.15) is 0 Å². The Hall–Kier alpha value is -0.0600. The van der Waals surface area contributed by atoms with Gasteiger partial charge in [0.15, 0.2) is 0 Å². The predicted octanol–water partition coefficient (Wildman–Crippen LogP) is 20.1. The maximum atomic E-state index is 3.77. The molecule has 0 aliphatic heterocycles. The van der Waals surface area contributed by atoms with Crippen molar-refractivity contribution < 1.29 is 0 Å². The number of hydrogen-bond donors (Lipinski definition) is 0. The largest absolute Gasteiger partial charge is 0.132 e. The number of unbranched alkanes of at least 4 members (excludes halogenated alkanes) is 20. The summed E-state index contributed by atoms with van der Waals surface area (Å²) in [7, 11) is 0. The van der Waals surface area contributed by atoms with Gasteiger partial charge in [0.25, 0.3) is 0 Å². The fraction of sp³-hybridized carbons (Fsp3) is 0.591. The van der Waals surface area contributed by atoms with Gasteiger partial charge in [0, 0.05) is 19.5 Å². The second-order valence-electron chi connectivity index (χ2n) is 14.8. The van der Waals surface area contributed by atoms with E-state index < -0.39 is 0 Å². The molecule has 0 nitrogen and oxygen atoms in total. The molecule has 0 amide bonds. The molecule has 0 spiro atoms. The number of halogens is 2. The van der Waals surface area contributed by atoms with Gasteiger partial charge in [-0.3, -0.25) is 0 Å². The summed E-state index contributed by atoms with van der Waals surface area (Å²) in [5.74, 6) is 0. The normalized spacial score (nSPS) is 12.2. The summed E-state index contributed by atoms with van der Waals surface area (Å²) in [5, 5.41) is 0. The molecule has 6 aromatic rings. The maximum Gasteiger partial charge on any atom is 0.0705 e. The minimum atomic E-state index is 1.21. The fourth-order valence-corrected chi connectivity index (χ4v) is 17.0. The first kappa shape index (κ1) is 41.6. The third-order valence-electron chi connectivity index (χ3n) is 10.6. The van der Waals surface area contributed by atoms with Gasteiger partial charge in [0.05, 0.1) is 35.8 Å². The molecule has 8 heteroatoms. The average molecular weight is 939 g/mol. The smallest absolute Gasteiger partial charge is 0.0705 e. The molecule has 0 aliphatic rings. The van der Waals surface area contributed by atoms with Crippen molar-refractivity contribution in [3.05, 3.63) is 43.0 Å². The van der Waals surface area contributed by atoms with Gasteiger partial charge >= 0.3 is 0 Å². The summed E-state index contributed by atoms with van der Waals surface area (Å²) < 4.78 is 11.9. The Morgan fingerprint density at radius 3 is 0.962 bits per heavy atom. The van der Waals surface area contributed by atoms with Crippen LogP contribution in [0, 0.1) is 0 Å². The molecule has 0 bridgehead atoms. The quantitative estimate of drug-likeness (QED) is 0.0476. The van der Waals surface area contributed by atoms with Gasteiger partial charge in [-0.15, -0.1) is 68.0 Å². The summed E-state index contributed by atoms with van der Waals surface area (Å²) in [6.45, 7) is 4.62. The molecule has 0 atom stereocenters. The first-order valence-corrected chi connectivity index (χ1v) is 27.0. The molecular weight excluding hydrogens is 881 g/mol. The molecule has 6 aromatic heterocycles. The second kappa shape index (κ2) is 22.0. The Labute approximate surface area is 355 Å². The van der Waals surface area contributed by atoms with Crippen LogP contribution < -0.4 is 0 Å². The molecule has 6 rings (SSSR count). The van der Waals surface area contributed by atoms with Crippen LogP contribution in [-0.4, -0.2) is 0 Å². The van der Waals surface area contributed by atoms with Gasteiger partial charge in [0.2, 0.25) is 0 Å². The molecule has 0 saturated heterocycles. The Morgan fingerprint density at radius 1 is 0.346 bits per heavy atom. The van der Waals surface area contributed by atoms with Crippen LogP contribution in [0.4, 0.5) is 0 Å². The van der Waals surface area contributed by atoms with Gasteiger partial charge < -0.3 is 0 Å². The highest BCUT2D eigenvalue weighted by molar-refractivity contribution is 9.11.